The van der Waals surface area contributed by atoms with Crippen molar-refractivity contribution in [2.45, 2.75) is 24.5 Å². The molecule has 1 N–H and O–H groups in total. The zero-order valence-corrected chi connectivity index (χ0v) is 15.7. The molecule has 27 heavy (non-hydrogen) atoms. The van der Waals surface area contributed by atoms with Crippen molar-refractivity contribution in [2.24, 2.45) is 11.8 Å². The molecule has 0 aliphatic carbocycles. The van der Waals surface area contributed by atoms with Gasteiger partial charge in [-0.1, -0.05) is 11.6 Å². The normalized spacial score (nSPS) is 31.1. The molecule has 3 saturated heterocycles. The summed E-state index contributed by atoms with van der Waals surface area (Å²) in [6.45, 7) is 2.56. The standard InChI is InChI=1S/C21H22ClN3O2/c22-15-3-1-14(2-4-15)20(26)24-11-17-18-12-25(16-6-9-23-10-7-16)13-21(18)8-5-19(17)27-21/h1-4,6-7,9-10,17-19H,5,8,11-13H2,(H,24,26)/t17-,18+,19+,21+/m0/s1. The highest BCUT2D eigenvalue weighted by molar-refractivity contribution is 6.30. The van der Waals surface area contributed by atoms with Gasteiger partial charge in [0.15, 0.2) is 0 Å². The molecule has 140 valence electrons. The molecule has 0 saturated carbocycles. The summed E-state index contributed by atoms with van der Waals surface area (Å²) in [5, 5.41) is 3.75. The average Bonchev–Trinajstić information content (AvgIpc) is 3.36. The van der Waals surface area contributed by atoms with E-state index in [4.69, 9.17) is 16.3 Å². The van der Waals surface area contributed by atoms with Crippen molar-refractivity contribution in [1.29, 1.82) is 0 Å². The first kappa shape index (κ1) is 17.0. The summed E-state index contributed by atoms with van der Waals surface area (Å²) in [5.74, 6) is 0.768. The zero-order valence-electron chi connectivity index (χ0n) is 15.0. The Morgan fingerprint density at radius 2 is 2.04 bits per heavy atom. The van der Waals surface area contributed by atoms with E-state index in [1.54, 1.807) is 24.3 Å². The predicted molar refractivity (Wildman–Crippen MR) is 104 cm³/mol. The van der Waals surface area contributed by atoms with Crippen LogP contribution in [0.1, 0.15) is 23.2 Å². The van der Waals surface area contributed by atoms with Gasteiger partial charge in [0.1, 0.15) is 0 Å². The lowest BCUT2D eigenvalue weighted by molar-refractivity contribution is 0.0141. The summed E-state index contributed by atoms with van der Waals surface area (Å²) in [4.78, 5) is 19.0. The van der Waals surface area contributed by atoms with Crippen molar-refractivity contribution in [2.75, 3.05) is 24.5 Å². The number of anilines is 1. The van der Waals surface area contributed by atoms with Gasteiger partial charge in [0.2, 0.25) is 0 Å². The molecule has 0 radical (unpaired) electrons. The molecule has 3 aliphatic rings. The molecular weight excluding hydrogens is 362 g/mol. The van der Waals surface area contributed by atoms with E-state index in [-0.39, 0.29) is 17.6 Å². The van der Waals surface area contributed by atoms with Crippen LogP contribution in [0.5, 0.6) is 0 Å². The number of rotatable bonds is 4. The number of benzene rings is 1. The molecule has 4 heterocycles. The molecule has 2 aromatic rings. The van der Waals surface area contributed by atoms with Gasteiger partial charge in [-0.3, -0.25) is 9.78 Å². The molecule has 1 amide bonds. The number of hydrogen-bond donors (Lipinski definition) is 1. The Hall–Kier alpha value is -2.11. The molecule has 1 aromatic heterocycles. The van der Waals surface area contributed by atoms with Crippen LogP contribution < -0.4 is 10.2 Å². The van der Waals surface area contributed by atoms with Crippen LogP contribution in [0.25, 0.3) is 0 Å². The van der Waals surface area contributed by atoms with Crippen LogP contribution in [0.3, 0.4) is 0 Å². The summed E-state index contributed by atoms with van der Waals surface area (Å²) in [7, 11) is 0. The fourth-order valence-electron chi connectivity index (χ4n) is 5.13. The highest BCUT2D eigenvalue weighted by Gasteiger charge is 2.62. The highest BCUT2D eigenvalue weighted by atomic mass is 35.5. The quantitative estimate of drug-likeness (QED) is 0.881. The van der Waals surface area contributed by atoms with Gasteiger partial charge in [0.05, 0.1) is 11.7 Å². The molecule has 6 heteroatoms. The Morgan fingerprint density at radius 3 is 2.81 bits per heavy atom. The minimum Gasteiger partial charge on any atom is -0.369 e. The Labute approximate surface area is 163 Å². The molecule has 1 spiro atoms. The van der Waals surface area contributed by atoms with Crippen molar-refractivity contribution in [3.8, 4) is 0 Å². The van der Waals surface area contributed by atoms with E-state index in [2.05, 4.69) is 27.3 Å². The number of pyridine rings is 1. The zero-order chi connectivity index (χ0) is 18.4. The molecule has 2 bridgehead atoms. The van der Waals surface area contributed by atoms with Crippen molar-refractivity contribution in [3.63, 3.8) is 0 Å². The van der Waals surface area contributed by atoms with Crippen molar-refractivity contribution < 1.29 is 9.53 Å². The number of amides is 1. The molecule has 4 atom stereocenters. The van der Waals surface area contributed by atoms with Crippen molar-refractivity contribution in [3.05, 3.63) is 59.4 Å². The summed E-state index contributed by atoms with van der Waals surface area (Å²) in [6, 6.07) is 11.1. The monoisotopic (exact) mass is 383 g/mol. The second kappa shape index (κ2) is 6.50. The maximum Gasteiger partial charge on any atom is 0.251 e. The molecule has 5 rings (SSSR count). The second-order valence-corrected chi connectivity index (χ2v) is 8.27. The first-order valence-corrected chi connectivity index (χ1v) is 9.89. The van der Waals surface area contributed by atoms with Gasteiger partial charge in [-0.2, -0.15) is 0 Å². The highest BCUT2D eigenvalue weighted by Crippen LogP contribution is 2.55. The first-order valence-electron chi connectivity index (χ1n) is 9.51. The van der Waals surface area contributed by atoms with Crippen LogP contribution in [-0.4, -0.2) is 42.2 Å². The maximum absolute atomic E-state index is 12.5. The van der Waals surface area contributed by atoms with Crippen LogP contribution in [-0.2, 0) is 4.74 Å². The number of carbonyl (C=O) groups is 1. The van der Waals surface area contributed by atoms with E-state index in [9.17, 15) is 4.79 Å². The van der Waals surface area contributed by atoms with E-state index in [1.165, 1.54) is 5.69 Å². The summed E-state index contributed by atoms with van der Waals surface area (Å²) < 4.78 is 6.48. The van der Waals surface area contributed by atoms with E-state index in [0.717, 1.165) is 25.9 Å². The molecule has 3 fully saturated rings. The van der Waals surface area contributed by atoms with E-state index in [0.29, 0.717) is 29.0 Å². The third-order valence-corrected chi connectivity index (χ3v) is 6.67. The number of halogens is 1. The van der Waals surface area contributed by atoms with Gasteiger partial charge in [-0.15, -0.1) is 0 Å². The van der Waals surface area contributed by atoms with E-state index < -0.39 is 0 Å². The first-order chi connectivity index (χ1) is 13.1. The number of hydrogen-bond acceptors (Lipinski definition) is 4. The average molecular weight is 384 g/mol. The van der Waals surface area contributed by atoms with Gasteiger partial charge >= 0.3 is 0 Å². The van der Waals surface area contributed by atoms with Crippen LogP contribution in [0, 0.1) is 11.8 Å². The maximum atomic E-state index is 12.5. The lowest BCUT2D eigenvalue weighted by atomic mass is 9.73. The summed E-state index contributed by atoms with van der Waals surface area (Å²) >= 11 is 5.91. The number of ether oxygens (including phenoxy) is 1. The minimum atomic E-state index is -0.0520. The molecular formula is C21H22ClN3O2. The lowest BCUT2D eigenvalue weighted by Crippen LogP contribution is -2.41. The lowest BCUT2D eigenvalue weighted by Gasteiger charge is -2.29. The third kappa shape index (κ3) is 2.89. The van der Waals surface area contributed by atoms with Crippen LogP contribution in [0.2, 0.25) is 5.02 Å². The van der Waals surface area contributed by atoms with Gasteiger partial charge in [-0.05, 0) is 49.2 Å². The smallest absolute Gasteiger partial charge is 0.251 e. The van der Waals surface area contributed by atoms with Gasteiger partial charge in [-0.25, -0.2) is 0 Å². The number of fused-ring (bicyclic) bond motifs is 1. The summed E-state index contributed by atoms with van der Waals surface area (Å²) in [5.41, 5.74) is 1.79. The van der Waals surface area contributed by atoms with E-state index in [1.807, 2.05) is 12.4 Å². The summed E-state index contributed by atoms with van der Waals surface area (Å²) in [6.07, 6.45) is 6.14. The number of nitrogens with zero attached hydrogens (tertiary/aromatic N) is 2. The molecule has 5 nitrogen and oxygen atoms in total. The Balaban J connectivity index is 1.28. The van der Waals surface area contributed by atoms with Gasteiger partial charge < -0.3 is 15.0 Å². The SMILES string of the molecule is O=C(NC[C@H]1[C@H]2CN(c3ccncc3)C[C@]23CC[C@H]1O3)c1ccc(Cl)cc1. The number of nitrogens with one attached hydrogen (secondary N) is 1. The van der Waals surface area contributed by atoms with E-state index >= 15 is 0 Å². The van der Waals surface area contributed by atoms with Crippen LogP contribution >= 0.6 is 11.6 Å². The van der Waals surface area contributed by atoms with Crippen molar-refractivity contribution in [1.82, 2.24) is 10.3 Å². The Kier molecular flexibility index (Phi) is 4.10. The van der Waals surface area contributed by atoms with Crippen LogP contribution in [0.4, 0.5) is 5.69 Å². The largest absolute Gasteiger partial charge is 0.369 e. The van der Waals surface area contributed by atoms with Gasteiger partial charge in [0, 0.05) is 60.1 Å². The fourth-order valence-corrected chi connectivity index (χ4v) is 5.25. The Morgan fingerprint density at radius 1 is 1.26 bits per heavy atom. The second-order valence-electron chi connectivity index (χ2n) is 7.83. The number of aromatic nitrogens is 1. The topological polar surface area (TPSA) is 54.5 Å². The number of carbonyl (C=O) groups excluding carboxylic acids is 1. The Bertz CT molecular complexity index is 844. The third-order valence-electron chi connectivity index (χ3n) is 6.42. The predicted octanol–water partition coefficient (Wildman–Crippen LogP) is 3.15. The molecule has 3 aliphatic heterocycles. The minimum absolute atomic E-state index is 0.0486. The van der Waals surface area contributed by atoms with Crippen LogP contribution in [0.15, 0.2) is 48.8 Å². The molecule has 1 aromatic carbocycles. The van der Waals surface area contributed by atoms with Crippen molar-refractivity contribution >= 4 is 23.2 Å². The molecule has 0 unspecified atom stereocenters. The van der Waals surface area contributed by atoms with Gasteiger partial charge in [0.25, 0.3) is 5.91 Å². The fraction of sp³-hybridized carbons (Fsp3) is 0.429.